The number of aliphatic hydroxyl groups is 1. The van der Waals surface area contributed by atoms with Crippen molar-refractivity contribution in [1.29, 1.82) is 0 Å². The Hall–Kier alpha value is -3.82. The second-order valence-electron chi connectivity index (χ2n) is 9.51. The number of amides is 1. The molecular weight excluding hydrogens is 612 g/mol. The molecule has 1 saturated heterocycles. The standard InChI is InChI=1S/C25H20Cl2F5N7O3/c26-15-6-4-14(5-7-15)21-35-38(23(42)37(21)10-18(40)25(30,31)32)11-19-33-13-39(34-19)20-16(2-1-3-17(20)27)22(41)36-9-8-24(28,29)12-36/h1-7,13,18,40H,8-12H2/t18-/m0/s1. The van der Waals surface area contributed by atoms with Crippen LogP contribution in [0.5, 0.6) is 0 Å². The molecule has 2 aromatic heterocycles. The van der Waals surface area contributed by atoms with Crippen molar-refractivity contribution >= 4 is 29.1 Å². The summed E-state index contributed by atoms with van der Waals surface area (Å²) in [6, 6.07) is 10.2. The van der Waals surface area contributed by atoms with E-state index in [9.17, 15) is 36.6 Å². The lowest BCUT2D eigenvalue weighted by atomic mass is 10.1. The van der Waals surface area contributed by atoms with Crippen molar-refractivity contribution in [1.82, 2.24) is 34.0 Å². The minimum Gasteiger partial charge on any atom is -0.382 e. The van der Waals surface area contributed by atoms with Crippen molar-refractivity contribution in [3.8, 4) is 17.1 Å². The fourth-order valence-electron chi connectivity index (χ4n) is 4.41. The molecule has 0 unspecified atom stereocenters. The van der Waals surface area contributed by atoms with Gasteiger partial charge in [-0.2, -0.15) is 13.2 Å². The molecule has 3 heterocycles. The molecule has 0 saturated carbocycles. The lowest BCUT2D eigenvalue weighted by Gasteiger charge is -2.18. The van der Waals surface area contributed by atoms with Gasteiger partial charge in [0.05, 0.1) is 29.4 Å². The van der Waals surface area contributed by atoms with Gasteiger partial charge in [0, 0.05) is 23.6 Å². The zero-order valence-corrected chi connectivity index (χ0v) is 22.8. The molecule has 1 fully saturated rings. The summed E-state index contributed by atoms with van der Waals surface area (Å²) in [6.45, 7) is -2.42. The molecule has 0 radical (unpaired) electrons. The highest BCUT2D eigenvalue weighted by Gasteiger charge is 2.41. The predicted octanol–water partition coefficient (Wildman–Crippen LogP) is 4.05. The fourth-order valence-corrected chi connectivity index (χ4v) is 4.80. The molecule has 222 valence electrons. The van der Waals surface area contributed by atoms with Gasteiger partial charge in [0.25, 0.3) is 11.8 Å². The summed E-state index contributed by atoms with van der Waals surface area (Å²) in [5.74, 6) is -3.90. The van der Waals surface area contributed by atoms with Crippen LogP contribution in [0, 0.1) is 0 Å². The van der Waals surface area contributed by atoms with Gasteiger partial charge < -0.3 is 10.0 Å². The maximum absolute atomic E-state index is 13.7. The normalized spacial score (nSPS) is 15.8. The van der Waals surface area contributed by atoms with E-state index in [2.05, 4.69) is 15.2 Å². The number of benzene rings is 2. The van der Waals surface area contributed by atoms with Crippen LogP contribution < -0.4 is 5.69 Å². The van der Waals surface area contributed by atoms with Crippen molar-refractivity contribution in [3.05, 3.63) is 80.7 Å². The molecule has 1 amide bonds. The zero-order chi connectivity index (χ0) is 30.4. The van der Waals surface area contributed by atoms with Crippen molar-refractivity contribution in [3.63, 3.8) is 0 Å². The van der Waals surface area contributed by atoms with Gasteiger partial charge in [-0.25, -0.2) is 27.9 Å². The van der Waals surface area contributed by atoms with E-state index < -0.39 is 55.9 Å². The van der Waals surface area contributed by atoms with Crippen LogP contribution in [0.25, 0.3) is 17.1 Å². The zero-order valence-electron chi connectivity index (χ0n) is 21.3. The lowest BCUT2D eigenvalue weighted by Crippen LogP contribution is -2.37. The van der Waals surface area contributed by atoms with E-state index in [1.54, 1.807) is 0 Å². The van der Waals surface area contributed by atoms with Crippen LogP contribution in [0.1, 0.15) is 22.6 Å². The Morgan fingerprint density at radius 1 is 1.10 bits per heavy atom. The molecule has 1 N–H and O–H groups in total. The third-order valence-corrected chi connectivity index (χ3v) is 7.05. The first-order valence-electron chi connectivity index (χ1n) is 12.3. The number of carbonyl (C=O) groups is 1. The van der Waals surface area contributed by atoms with Crippen LogP contribution >= 0.6 is 23.2 Å². The van der Waals surface area contributed by atoms with Gasteiger partial charge in [0.1, 0.15) is 12.9 Å². The van der Waals surface area contributed by atoms with Crippen LogP contribution in [0.15, 0.2) is 53.6 Å². The van der Waals surface area contributed by atoms with Gasteiger partial charge in [0.2, 0.25) is 0 Å². The molecule has 0 spiro atoms. The van der Waals surface area contributed by atoms with E-state index in [1.807, 2.05) is 0 Å². The molecule has 42 heavy (non-hydrogen) atoms. The number of carbonyl (C=O) groups excluding carboxylic acids is 1. The first-order valence-corrected chi connectivity index (χ1v) is 13.0. The third kappa shape index (κ3) is 6.03. The second-order valence-corrected chi connectivity index (χ2v) is 10.4. The van der Waals surface area contributed by atoms with Gasteiger partial charge in [-0.1, -0.05) is 29.3 Å². The lowest BCUT2D eigenvalue weighted by molar-refractivity contribution is -0.207. The molecule has 1 atom stereocenters. The number of halogens is 7. The van der Waals surface area contributed by atoms with Crippen molar-refractivity contribution in [2.24, 2.45) is 0 Å². The maximum Gasteiger partial charge on any atom is 0.416 e. The topological polar surface area (TPSA) is 111 Å². The Kier molecular flexibility index (Phi) is 7.85. The average Bonchev–Trinajstić information content (AvgIpc) is 3.62. The number of rotatable bonds is 7. The molecule has 2 aromatic carbocycles. The summed E-state index contributed by atoms with van der Waals surface area (Å²) >= 11 is 12.3. The molecule has 1 aliphatic heterocycles. The van der Waals surface area contributed by atoms with Gasteiger partial charge in [-0.3, -0.25) is 9.36 Å². The van der Waals surface area contributed by atoms with E-state index >= 15 is 0 Å². The second kappa shape index (κ2) is 11.1. The molecule has 1 aliphatic rings. The van der Waals surface area contributed by atoms with Crippen LogP contribution in [0.2, 0.25) is 10.0 Å². The first-order chi connectivity index (χ1) is 19.7. The summed E-state index contributed by atoms with van der Waals surface area (Å²) in [6.07, 6.45) is -7.13. The molecule has 10 nitrogen and oxygen atoms in total. The van der Waals surface area contributed by atoms with Crippen LogP contribution in [-0.2, 0) is 13.1 Å². The SMILES string of the molecule is O=C(c1cccc(Cl)c1-n1cnc(Cn2nc(-c3ccc(Cl)cc3)n(C[C@H](O)C(F)(F)F)c2=O)n1)N1CCC(F)(F)C1. The number of likely N-dealkylation sites (tertiary alicyclic amines) is 1. The van der Waals surface area contributed by atoms with E-state index in [0.29, 0.717) is 9.59 Å². The predicted molar refractivity (Wildman–Crippen MR) is 140 cm³/mol. The Labute approximate surface area is 243 Å². The molecular formula is C25H20Cl2F5N7O3. The number of para-hydroxylation sites is 1. The van der Waals surface area contributed by atoms with E-state index in [-0.39, 0.29) is 40.0 Å². The molecule has 17 heteroatoms. The minimum absolute atomic E-state index is 0.00995. The highest BCUT2D eigenvalue weighted by atomic mass is 35.5. The molecule has 4 aromatic rings. The molecule has 5 rings (SSSR count). The summed E-state index contributed by atoms with van der Waals surface area (Å²) in [4.78, 5) is 31.3. The smallest absolute Gasteiger partial charge is 0.382 e. The van der Waals surface area contributed by atoms with Gasteiger partial charge in [-0.15, -0.1) is 10.2 Å². The van der Waals surface area contributed by atoms with Gasteiger partial charge >= 0.3 is 11.9 Å². The molecule has 0 aliphatic carbocycles. The first kappa shape index (κ1) is 29.7. The van der Waals surface area contributed by atoms with Crippen molar-refractivity contribution < 1.29 is 31.9 Å². The maximum atomic E-state index is 13.7. The fraction of sp³-hybridized carbons (Fsp3) is 0.320. The number of aliphatic hydroxyl groups excluding tert-OH is 1. The number of nitrogens with zero attached hydrogens (tertiary/aromatic N) is 7. The van der Waals surface area contributed by atoms with Crippen LogP contribution in [0.3, 0.4) is 0 Å². The monoisotopic (exact) mass is 631 g/mol. The number of alkyl halides is 5. The Morgan fingerprint density at radius 2 is 1.81 bits per heavy atom. The summed E-state index contributed by atoms with van der Waals surface area (Å²) < 4.78 is 69.5. The third-order valence-electron chi connectivity index (χ3n) is 6.49. The Morgan fingerprint density at radius 3 is 2.45 bits per heavy atom. The number of hydrogen-bond acceptors (Lipinski definition) is 6. The highest BCUT2D eigenvalue weighted by Crippen LogP contribution is 2.31. The minimum atomic E-state index is -4.99. The van der Waals surface area contributed by atoms with E-state index in [4.69, 9.17) is 23.2 Å². The van der Waals surface area contributed by atoms with Crippen molar-refractivity contribution in [2.45, 2.75) is 37.7 Å². The highest BCUT2D eigenvalue weighted by molar-refractivity contribution is 6.33. The summed E-state index contributed by atoms with van der Waals surface area (Å²) in [7, 11) is 0. The Bertz CT molecular complexity index is 1680. The Balaban J connectivity index is 1.48. The average molecular weight is 632 g/mol. The largest absolute Gasteiger partial charge is 0.416 e. The van der Waals surface area contributed by atoms with Gasteiger partial charge in [0.15, 0.2) is 17.8 Å². The van der Waals surface area contributed by atoms with E-state index in [0.717, 1.165) is 14.3 Å². The molecule has 0 bridgehead atoms. The van der Waals surface area contributed by atoms with Crippen LogP contribution in [-0.4, -0.2) is 76.3 Å². The number of aromatic nitrogens is 6. The summed E-state index contributed by atoms with van der Waals surface area (Å²) in [5.41, 5.74) is -0.673. The number of hydrogen-bond donors (Lipinski definition) is 1. The van der Waals surface area contributed by atoms with Gasteiger partial charge in [-0.05, 0) is 36.4 Å². The quantitative estimate of drug-likeness (QED) is 0.308. The summed E-state index contributed by atoms with van der Waals surface area (Å²) in [5, 5.41) is 18.5. The van der Waals surface area contributed by atoms with Crippen LogP contribution in [0.4, 0.5) is 22.0 Å². The van der Waals surface area contributed by atoms with E-state index in [1.165, 1.54) is 48.8 Å². The van der Waals surface area contributed by atoms with Crippen molar-refractivity contribution in [2.75, 3.05) is 13.1 Å².